The zero-order valence-corrected chi connectivity index (χ0v) is 10.8. The lowest BCUT2D eigenvalue weighted by atomic mass is 10.2. The molecule has 0 aliphatic carbocycles. The van der Waals surface area contributed by atoms with E-state index in [-0.39, 0.29) is 0 Å². The van der Waals surface area contributed by atoms with Crippen LogP contribution in [0.3, 0.4) is 0 Å². The topological polar surface area (TPSA) is 9.23 Å². The Labute approximate surface area is 104 Å². The molecule has 0 N–H and O–H groups in total. The Morgan fingerprint density at radius 3 is 2.00 bits per heavy atom. The quantitative estimate of drug-likeness (QED) is 0.746. The fourth-order valence-corrected chi connectivity index (χ4v) is 1.38. The highest BCUT2D eigenvalue weighted by Crippen LogP contribution is 2.13. The third-order valence-corrected chi connectivity index (χ3v) is 2.27. The number of rotatable bonds is 3. The van der Waals surface area contributed by atoms with Gasteiger partial charge in [-0.25, -0.2) is 0 Å². The number of aryl methyl sites for hydroxylation is 1. The van der Waals surface area contributed by atoms with Crippen molar-refractivity contribution in [1.82, 2.24) is 0 Å². The zero-order valence-electron chi connectivity index (χ0n) is 10.8. The summed E-state index contributed by atoms with van der Waals surface area (Å²) < 4.78 is 5.65. The van der Waals surface area contributed by atoms with Crippen molar-refractivity contribution in [1.29, 1.82) is 0 Å². The van der Waals surface area contributed by atoms with Crippen LogP contribution in [0.5, 0.6) is 5.75 Å². The number of hydrogen-bond acceptors (Lipinski definition) is 1. The smallest absolute Gasteiger partial charge is 0.119 e. The maximum absolute atomic E-state index is 5.65. The summed E-state index contributed by atoms with van der Waals surface area (Å²) in [6.45, 7) is 6.70. The Balaban J connectivity index is 0.000000686. The Hall–Kier alpha value is -1.76. The van der Waals surface area contributed by atoms with Gasteiger partial charge in [-0.2, -0.15) is 0 Å². The number of benzene rings is 2. The lowest BCUT2D eigenvalue weighted by molar-refractivity contribution is 0.306. The van der Waals surface area contributed by atoms with Gasteiger partial charge in [0.25, 0.3) is 0 Å². The van der Waals surface area contributed by atoms with Crippen LogP contribution in [-0.4, -0.2) is 0 Å². The Morgan fingerprint density at radius 2 is 1.41 bits per heavy atom. The molecule has 2 aromatic rings. The van der Waals surface area contributed by atoms with Gasteiger partial charge in [0.15, 0.2) is 0 Å². The minimum absolute atomic E-state index is 0.629. The van der Waals surface area contributed by atoms with Gasteiger partial charge in [-0.1, -0.05) is 61.9 Å². The van der Waals surface area contributed by atoms with E-state index < -0.39 is 0 Å². The maximum Gasteiger partial charge on any atom is 0.119 e. The van der Waals surface area contributed by atoms with Crippen molar-refractivity contribution in [3.05, 3.63) is 65.7 Å². The fraction of sp³-hybridized carbons (Fsp3) is 0.250. The molecule has 0 saturated carbocycles. The third kappa shape index (κ3) is 4.73. The Bertz CT molecular complexity index is 403. The minimum atomic E-state index is 0.629. The molecule has 0 bridgehead atoms. The van der Waals surface area contributed by atoms with E-state index >= 15 is 0 Å². The molecule has 0 amide bonds. The second kappa shape index (κ2) is 7.50. The van der Waals surface area contributed by atoms with Crippen LogP contribution in [0, 0.1) is 6.92 Å². The standard InChI is InChI=1S/C14H14O.C2H6/c1-12-7-9-14(10-8-12)15-11-13-5-3-2-4-6-13;1-2/h2-10H,11H2,1H3;1-2H3. The van der Waals surface area contributed by atoms with Gasteiger partial charge in [0.1, 0.15) is 12.4 Å². The van der Waals surface area contributed by atoms with Crippen LogP contribution in [-0.2, 0) is 6.61 Å². The first-order valence-electron chi connectivity index (χ1n) is 6.08. The van der Waals surface area contributed by atoms with E-state index in [1.165, 1.54) is 11.1 Å². The molecule has 1 heteroatoms. The van der Waals surface area contributed by atoms with E-state index in [0.29, 0.717) is 6.61 Å². The molecule has 0 radical (unpaired) electrons. The summed E-state index contributed by atoms with van der Waals surface area (Å²) in [4.78, 5) is 0. The van der Waals surface area contributed by atoms with Crippen molar-refractivity contribution in [2.24, 2.45) is 0 Å². The monoisotopic (exact) mass is 228 g/mol. The average Bonchev–Trinajstić information content (AvgIpc) is 2.42. The molecule has 0 atom stereocenters. The average molecular weight is 228 g/mol. The van der Waals surface area contributed by atoms with E-state index in [9.17, 15) is 0 Å². The SMILES string of the molecule is CC.Cc1ccc(OCc2ccccc2)cc1. The van der Waals surface area contributed by atoms with Gasteiger partial charge >= 0.3 is 0 Å². The highest BCUT2D eigenvalue weighted by molar-refractivity contribution is 5.26. The highest BCUT2D eigenvalue weighted by atomic mass is 16.5. The summed E-state index contributed by atoms with van der Waals surface area (Å²) in [5.74, 6) is 0.921. The first-order chi connectivity index (χ1) is 8.34. The highest BCUT2D eigenvalue weighted by Gasteiger charge is 1.94. The molecular formula is C16H20O. The van der Waals surface area contributed by atoms with Crippen LogP contribution in [0.2, 0.25) is 0 Å². The van der Waals surface area contributed by atoms with E-state index in [4.69, 9.17) is 4.74 Å². The zero-order chi connectivity index (χ0) is 12.5. The predicted molar refractivity (Wildman–Crippen MR) is 73.3 cm³/mol. The van der Waals surface area contributed by atoms with Crippen LogP contribution in [0.15, 0.2) is 54.6 Å². The summed E-state index contributed by atoms with van der Waals surface area (Å²) in [6, 6.07) is 18.3. The van der Waals surface area contributed by atoms with E-state index in [0.717, 1.165) is 5.75 Å². The second-order valence-corrected chi connectivity index (χ2v) is 3.59. The Morgan fingerprint density at radius 1 is 0.824 bits per heavy atom. The van der Waals surface area contributed by atoms with Crippen molar-refractivity contribution in [3.8, 4) is 5.75 Å². The summed E-state index contributed by atoms with van der Waals surface area (Å²) >= 11 is 0. The van der Waals surface area contributed by atoms with Crippen molar-refractivity contribution < 1.29 is 4.74 Å². The molecule has 0 aliphatic rings. The molecule has 0 aliphatic heterocycles. The van der Waals surface area contributed by atoms with Crippen molar-refractivity contribution in [2.45, 2.75) is 27.4 Å². The van der Waals surface area contributed by atoms with Crippen LogP contribution < -0.4 is 4.74 Å². The van der Waals surface area contributed by atoms with Gasteiger partial charge in [-0.3, -0.25) is 0 Å². The number of ether oxygens (including phenoxy) is 1. The molecule has 0 saturated heterocycles. The van der Waals surface area contributed by atoms with Gasteiger partial charge in [-0.15, -0.1) is 0 Å². The lowest BCUT2D eigenvalue weighted by Gasteiger charge is -2.06. The third-order valence-electron chi connectivity index (χ3n) is 2.27. The van der Waals surface area contributed by atoms with E-state index in [1.54, 1.807) is 0 Å². The first kappa shape index (κ1) is 13.3. The van der Waals surface area contributed by atoms with Crippen LogP contribution >= 0.6 is 0 Å². The molecule has 2 aromatic carbocycles. The lowest BCUT2D eigenvalue weighted by Crippen LogP contribution is -1.94. The summed E-state index contributed by atoms with van der Waals surface area (Å²) in [5, 5.41) is 0. The fourth-order valence-electron chi connectivity index (χ4n) is 1.38. The second-order valence-electron chi connectivity index (χ2n) is 3.59. The minimum Gasteiger partial charge on any atom is -0.489 e. The number of hydrogen-bond donors (Lipinski definition) is 0. The van der Waals surface area contributed by atoms with Gasteiger partial charge in [-0.05, 0) is 24.6 Å². The molecule has 0 fully saturated rings. The van der Waals surface area contributed by atoms with Crippen molar-refractivity contribution in [3.63, 3.8) is 0 Å². The molecule has 0 unspecified atom stereocenters. The summed E-state index contributed by atoms with van der Waals surface area (Å²) in [6.07, 6.45) is 0. The van der Waals surface area contributed by atoms with Crippen LogP contribution in [0.25, 0.3) is 0 Å². The molecule has 2 rings (SSSR count). The summed E-state index contributed by atoms with van der Waals surface area (Å²) in [5.41, 5.74) is 2.44. The summed E-state index contributed by atoms with van der Waals surface area (Å²) in [7, 11) is 0. The molecule has 1 nitrogen and oxygen atoms in total. The van der Waals surface area contributed by atoms with Gasteiger partial charge < -0.3 is 4.74 Å². The maximum atomic E-state index is 5.65. The normalized spacial score (nSPS) is 9.12. The van der Waals surface area contributed by atoms with Gasteiger partial charge in [0, 0.05) is 0 Å². The molecule has 0 aromatic heterocycles. The molecule has 0 heterocycles. The molecule has 90 valence electrons. The van der Waals surface area contributed by atoms with Gasteiger partial charge in [0.05, 0.1) is 0 Å². The Kier molecular flexibility index (Phi) is 5.87. The van der Waals surface area contributed by atoms with Crippen LogP contribution in [0.1, 0.15) is 25.0 Å². The van der Waals surface area contributed by atoms with Crippen molar-refractivity contribution in [2.75, 3.05) is 0 Å². The van der Waals surface area contributed by atoms with Gasteiger partial charge in [0.2, 0.25) is 0 Å². The van der Waals surface area contributed by atoms with Crippen molar-refractivity contribution >= 4 is 0 Å². The molecule has 0 spiro atoms. The van der Waals surface area contributed by atoms with E-state index in [1.807, 2.05) is 44.2 Å². The largest absolute Gasteiger partial charge is 0.489 e. The van der Waals surface area contributed by atoms with E-state index in [2.05, 4.69) is 31.2 Å². The first-order valence-corrected chi connectivity index (χ1v) is 6.08. The van der Waals surface area contributed by atoms with Crippen LogP contribution in [0.4, 0.5) is 0 Å². The predicted octanol–water partition coefficient (Wildman–Crippen LogP) is 4.60. The molecular weight excluding hydrogens is 208 g/mol. The molecule has 17 heavy (non-hydrogen) atoms.